The number of hydrogen-bond acceptors (Lipinski definition) is 3. The Morgan fingerprint density at radius 2 is 1.95 bits per heavy atom. The van der Waals surface area contributed by atoms with Crippen LogP contribution in [-0.2, 0) is 0 Å². The minimum Gasteiger partial charge on any atom is -0.404 e. The maximum absolute atomic E-state index is 12.0. The second-order valence-corrected chi connectivity index (χ2v) is 6.01. The smallest absolute Gasteiger partial charge is 0.347 e. The summed E-state index contributed by atoms with van der Waals surface area (Å²) in [4.78, 5) is 16.3. The molecule has 3 nitrogen and oxygen atoms in total. The highest BCUT2D eigenvalue weighted by molar-refractivity contribution is 14.1. The molecule has 0 radical (unpaired) electrons. The summed E-state index contributed by atoms with van der Waals surface area (Å²) in [6.07, 6.45) is 3.41. The van der Waals surface area contributed by atoms with E-state index in [-0.39, 0.29) is 5.89 Å². The van der Waals surface area contributed by atoms with E-state index >= 15 is 0 Å². The maximum Gasteiger partial charge on any atom is 0.347 e. The average Bonchev–Trinajstić information content (AvgIpc) is 2.47. The van der Waals surface area contributed by atoms with Gasteiger partial charge in [-0.25, -0.2) is 9.78 Å². The zero-order valence-electron chi connectivity index (χ0n) is 10.7. The van der Waals surface area contributed by atoms with E-state index in [4.69, 9.17) is 16.0 Å². The molecule has 0 bridgehead atoms. The zero-order valence-corrected chi connectivity index (χ0v) is 13.6. The molecule has 0 saturated heterocycles. The Labute approximate surface area is 139 Å². The zero-order chi connectivity index (χ0) is 14.8. The number of aromatic nitrogens is 1. The van der Waals surface area contributed by atoms with Crippen molar-refractivity contribution in [3.8, 4) is 0 Å². The van der Waals surface area contributed by atoms with Gasteiger partial charge in [0.15, 0.2) is 0 Å². The van der Waals surface area contributed by atoms with Crippen molar-refractivity contribution < 1.29 is 4.42 Å². The Morgan fingerprint density at radius 3 is 2.76 bits per heavy atom. The van der Waals surface area contributed by atoms with Crippen LogP contribution in [0.3, 0.4) is 0 Å². The van der Waals surface area contributed by atoms with Gasteiger partial charge in [0.2, 0.25) is 5.89 Å². The molecule has 1 aromatic heterocycles. The van der Waals surface area contributed by atoms with Gasteiger partial charge in [-0.3, -0.25) is 0 Å². The lowest BCUT2D eigenvalue weighted by Crippen LogP contribution is -2.03. The minimum atomic E-state index is -0.391. The molecule has 21 heavy (non-hydrogen) atoms. The number of halogens is 2. The molecule has 3 aromatic rings. The summed E-state index contributed by atoms with van der Waals surface area (Å²) in [5.74, 6) is 0.258. The molecule has 3 rings (SSSR count). The summed E-state index contributed by atoms with van der Waals surface area (Å²) in [7, 11) is 0. The molecule has 2 aromatic carbocycles. The summed E-state index contributed by atoms with van der Waals surface area (Å²) in [6, 6.07) is 12.9. The normalized spacial score (nSPS) is 11.3. The van der Waals surface area contributed by atoms with Gasteiger partial charge in [0.1, 0.15) is 0 Å². The standard InChI is InChI=1S/C16H9ClINO2/c17-13-4-2-1-3-10(13)5-8-15-19-14-7-6-11(18)9-12(14)16(20)21-15/h1-9H/b8-5+. The highest BCUT2D eigenvalue weighted by Gasteiger charge is 2.05. The molecular weight excluding hydrogens is 401 g/mol. The predicted octanol–water partition coefficient (Wildman–Crippen LogP) is 4.62. The predicted molar refractivity (Wildman–Crippen MR) is 93.4 cm³/mol. The molecule has 0 N–H and O–H groups in total. The van der Waals surface area contributed by atoms with E-state index in [1.165, 1.54) is 0 Å². The van der Waals surface area contributed by atoms with Crippen molar-refractivity contribution in [2.75, 3.05) is 0 Å². The third kappa shape index (κ3) is 3.16. The van der Waals surface area contributed by atoms with Gasteiger partial charge in [0.25, 0.3) is 0 Å². The first-order valence-electron chi connectivity index (χ1n) is 6.16. The van der Waals surface area contributed by atoms with Gasteiger partial charge in [-0.15, -0.1) is 0 Å². The Hall–Kier alpha value is -1.66. The van der Waals surface area contributed by atoms with E-state index in [9.17, 15) is 4.79 Å². The minimum absolute atomic E-state index is 0.258. The van der Waals surface area contributed by atoms with Crippen molar-refractivity contribution >= 4 is 57.2 Å². The highest BCUT2D eigenvalue weighted by Crippen LogP contribution is 2.18. The van der Waals surface area contributed by atoms with Gasteiger partial charge < -0.3 is 4.42 Å². The van der Waals surface area contributed by atoms with Crippen LogP contribution < -0.4 is 5.63 Å². The van der Waals surface area contributed by atoms with Gasteiger partial charge in [-0.05, 0) is 58.5 Å². The lowest BCUT2D eigenvalue weighted by atomic mass is 10.2. The van der Waals surface area contributed by atoms with E-state index in [0.29, 0.717) is 15.9 Å². The second-order valence-electron chi connectivity index (χ2n) is 4.36. The van der Waals surface area contributed by atoms with E-state index < -0.39 is 5.63 Å². The lowest BCUT2D eigenvalue weighted by Gasteiger charge is -1.99. The monoisotopic (exact) mass is 409 g/mol. The molecular formula is C16H9ClINO2. The van der Waals surface area contributed by atoms with Crippen LogP contribution in [0.5, 0.6) is 0 Å². The molecule has 0 aliphatic heterocycles. The summed E-state index contributed by atoms with van der Waals surface area (Å²) < 4.78 is 6.17. The number of fused-ring (bicyclic) bond motifs is 1. The van der Waals surface area contributed by atoms with Crippen LogP contribution in [-0.4, -0.2) is 4.98 Å². The summed E-state index contributed by atoms with van der Waals surface area (Å²) in [6.45, 7) is 0. The van der Waals surface area contributed by atoms with Crippen molar-refractivity contribution in [2.24, 2.45) is 0 Å². The maximum atomic E-state index is 12.0. The molecule has 0 aliphatic carbocycles. The van der Waals surface area contributed by atoms with Crippen LogP contribution in [0.25, 0.3) is 23.1 Å². The Balaban J connectivity index is 2.04. The third-order valence-electron chi connectivity index (χ3n) is 2.92. The van der Waals surface area contributed by atoms with Gasteiger partial charge in [0.05, 0.1) is 10.9 Å². The molecule has 0 saturated carbocycles. The van der Waals surface area contributed by atoms with E-state index in [0.717, 1.165) is 9.13 Å². The molecule has 0 aliphatic rings. The second kappa shape index (κ2) is 5.99. The molecule has 5 heteroatoms. The van der Waals surface area contributed by atoms with E-state index in [2.05, 4.69) is 27.6 Å². The molecule has 0 atom stereocenters. The van der Waals surface area contributed by atoms with E-state index in [1.54, 1.807) is 30.4 Å². The highest BCUT2D eigenvalue weighted by atomic mass is 127. The first-order valence-corrected chi connectivity index (χ1v) is 7.62. The van der Waals surface area contributed by atoms with Gasteiger partial charge >= 0.3 is 5.63 Å². The average molecular weight is 410 g/mol. The van der Waals surface area contributed by atoms with Crippen LogP contribution in [0.1, 0.15) is 11.5 Å². The first kappa shape index (κ1) is 14.3. The SMILES string of the molecule is O=c1oc(/C=C/c2ccccc2Cl)nc2ccc(I)cc12. The molecule has 0 fully saturated rings. The molecule has 1 heterocycles. The van der Waals surface area contributed by atoms with Crippen LogP contribution in [0, 0.1) is 3.57 Å². The van der Waals surface area contributed by atoms with Crippen LogP contribution in [0.15, 0.2) is 51.7 Å². The van der Waals surface area contributed by atoms with E-state index in [1.807, 2.05) is 24.3 Å². The quantitative estimate of drug-likeness (QED) is 0.580. The van der Waals surface area contributed by atoms with Crippen molar-refractivity contribution in [1.82, 2.24) is 4.98 Å². The Morgan fingerprint density at radius 1 is 1.14 bits per heavy atom. The van der Waals surface area contributed by atoms with Crippen molar-refractivity contribution in [2.45, 2.75) is 0 Å². The van der Waals surface area contributed by atoms with Crippen LogP contribution in [0.2, 0.25) is 5.02 Å². The third-order valence-corrected chi connectivity index (χ3v) is 3.93. The van der Waals surface area contributed by atoms with Gasteiger partial charge in [-0.1, -0.05) is 29.8 Å². The topological polar surface area (TPSA) is 43.1 Å². The molecule has 0 amide bonds. The Bertz CT molecular complexity index is 902. The van der Waals surface area contributed by atoms with Crippen molar-refractivity contribution in [3.05, 3.63) is 72.9 Å². The number of nitrogens with zero attached hydrogens (tertiary/aromatic N) is 1. The fourth-order valence-electron chi connectivity index (χ4n) is 1.90. The number of benzene rings is 2. The van der Waals surface area contributed by atoms with Gasteiger partial charge in [-0.2, -0.15) is 0 Å². The summed E-state index contributed by atoms with van der Waals surface area (Å²) >= 11 is 8.21. The van der Waals surface area contributed by atoms with Crippen LogP contribution >= 0.6 is 34.2 Å². The summed E-state index contributed by atoms with van der Waals surface area (Å²) in [5.41, 5.74) is 1.06. The fraction of sp³-hybridized carbons (Fsp3) is 0. The van der Waals surface area contributed by atoms with Gasteiger partial charge in [0, 0.05) is 14.7 Å². The lowest BCUT2D eigenvalue weighted by molar-refractivity contribution is 0.490. The van der Waals surface area contributed by atoms with Crippen molar-refractivity contribution in [3.63, 3.8) is 0 Å². The number of rotatable bonds is 2. The molecule has 0 spiro atoms. The Kier molecular flexibility index (Phi) is 4.07. The van der Waals surface area contributed by atoms with Crippen LogP contribution in [0.4, 0.5) is 0 Å². The first-order chi connectivity index (χ1) is 10.1. The fourth-order valence-corrected chi connectivity index (χ4v) is 2.59. The molecule has 104 valence electrons. The number of hydrogen-bond donors (Lipinski definition) is 0. The largest absolute Gasteiger partial charge is 0.404 e. The summed E-state index contributed by atoms with van der Waals surface area (Å²) in [5, 5.41) is 1.11. The molecule has 0 unspecified atom stereocenters. The van der Waals surface area contributed by atoms with Crippen molar-refractivity contribution in [1.29, 1.82) is 0 Å².